The fraction of sp³-hybridized carbons (Fsp3) is 0.0667. The normalized spacial score (nSPS) is 10.9. The Labute approximate surface area is 199 Å². The smallest absolute Gasteiger partial charge is 0.218 e. The van der Waals surface area contributed by atoms with Crippen LogP contribution in [0.1, 0.15) is 11.1 Å². The minimum Gasteiger partial charge on any atom is -0.218 e. The lowest BCUT2D eigenvalue weighted by molar-refractivity contribution is 1.14. The van der Waals surface area contributed by atoms with Gasteiger partial charge in [0.25, 0.3) is 0 Å². The van der Waals surface area contributed by atoms with Gasteiger partial charge >= 0.3 is 0 Å². The Morgan fingerprint density at radius 3 is 1.58 bits per heavy atom. The summed E-state index contributed by atoms with van der Waals surface area (Å²) in [5.41, 5.74) is 10.6. The molecule has 0 fully saturated rings. The van der Waals surface area contributed by atoms with Crippen molar-refractivity contribution in [3.63, 3.8) is 0 Å². The number of halogens is 1. The summed E-state index contributed by atoms with van der Waals surface area (Å²) in [6, 6.07) is 35.7. The van der Waals surface area contributed by atoms with E-state index in [9.17, 15) is 0 Å². The van der Waals surface area contributed by atoms with Crippen LogP contribution in [0.4, 0.5) is 0 Å². The number of hydrogen-bond donors (Lipinski definition) is 0. The molecule has 0 aliphatic rings. The third-order valence-corrected chi connectivity index (χ3v) is 6.11. The number of benzene rings is 4. The SMILES string of the molecule is Cc1ccccc1-c1nc(Cl)nc(-c2cc(-c3ccccc3)cc(-c3ccccc3)c2)c1C. The maximum atomic E-state index is 6.47. The maximum Gasteiger partial charge on any atom is 0.223 e. The molecular formula is C30H23ClN2. The Balaban J connectivity index is 1.75. The average Bonchev–Trinajstić information content (AvgIpc) is 2.86. The molecule has 160 valence electrons. The summed E-state index contributed by atoms with van der Waals surface area (Å²) < 4.78 is 0. The molecule has 2 nitrogen and oxygen atoms in total. The van der Waals surface area contributed by atoms with E-state index in [1.54, 1.807) is 0 Å². The molecule has 0 amide bonds. The second kappa shape index (κ2) is 9.01. The fourth-order valence-electron chi connectivity index (χ4n) is 4.23. The second-order valence-electron chi connectivity index (χ2n) is 8.16. The van der Waals surface area contributed by atoms with E-state index >= 15 is 0 Å². The van der Waals surface area contributed by atoms with Crippen LogP contribution in [0.25, 0.3) is 44.8 Å². The molecule has 5 rings (SSSR count). The molecule has 0 saturated heterocycles. The van der Waals surface area contributed by atoms with Crippen LogP contribution in [-0.4, -0.2) is 9.97 Å². The molecule has 33 heavy (non-hydrogen) atoms. The largest absolute Gasteiger partial charge is 0.223 e. The first kappa shape index (κ1) is 21.1. The molecule has 0 unspecified atom stereocenters. The van der Waals surface area contributed by atoms with Gasteiger partial charge in [-0.05, 0) is 71.5 Å². The molecule has 5 aromatic rings. The maximum absolute atomic E-state index is 6.47. The Morgan fingerprint density at radius 2 is 1.00 bits per heavy atom. The Morgan fingerprint density at radius 1 is 0.515 bits per heavy atom. The van der Waals surface area contributed by atoms with Crippen molar-refractivity contribution in [2.24, 2.45) is 0 Å². The molecular weight excluding hydrogens is 424 g/mol. The van der Waals surface area contributed by atoms with Gasteiger partial charge in [-0.3, -0.25) is 0 Å². The van der Waals surface area contributed by atoms with Crippen molar-refractivity contribution in [3.05, 3.63) is 120 Å². The topological polar surface area (TPSA) is 25.8 Å². The Hall–Kier alpha value is -3.75. The molecule has 1 heterocycles. The number of rotatable bonds is 4. The highest BCUT2D eigenvalue weighted by Crippen LogP contribution is 2.36. The van der Waals surface area contributed by atoms with E-state index < -0.39 is 0 Å². The molecule has 3 heteroatoms. The van der Waals surface area contributed by atoms with Gasteiger partial charge in [0, 0.05) is 16.7 Å². The summed E-state index contributed by atoms with van der Waals surface area (Å²) in [6.07, 6.45) is 0. The summed E-state index contributed by atoms with van der Waals surface area (Å²) in [4.78, 5) is 9.29. The molecule has 1 aromatic heterocycles. The highest BCUT2D eigenvalue weighted by Gasteiger charge is 2.16. The predicted molar refractivity (Wildman–Crippen MR) is 138 cm³/mol. The molecule has 0 saturated carbocycles. The minimum atomic E-state index is 0.250. The van der Waals surface area contributed by atoms with Gasteiger partial charge in [-0.25, -0.2) is 9.97 Å². The van der Waals surface area contributed by atoms with E-state index in [2.05, 4.69) is 103 Å². The van der Waals surface area contributed by atoms with Crippen molar-refractivity contribution in [1.82, 2.24) is 9.97 Å². The van der Waals surface area contributed by atoms with Crippen LogP contribution in [-0.2, 0) is 0 Å². The second-order valence-corrected chi connectivity index (χ2v) is 8.50. The van der Waals surface area contributed by atoms with Gasteiger partial charge in [0.1, 0.15) is 0 Å². The number of hydrogen-bond acceptors (Lipinski definition) is 2. The molecule has 0 atom stereocenters. The van der Waals surface area contributed by atoms with Crippen molar-refractivity contribution in [2.75, 3.05) is 0 Å². The van der Waals surface area contributed by atoms with Crippen LogP contribution in [0.2, 0.25) is 5.28 Å². The van der Waals surface area contributed by atoms with E-state index in [1.807, 2.05) is 24.3 Å². The number of nitrogens with zero attached hydrogens (tertiary/aromatic N) is 2. The lowest BCUT2D eigenvalue weighted by Gasteiger charge is -2.15. The van der Waals surface area contributed by atoms with Crippen LogP contribution in [0.3, 0.4) is 0 Å². The van der Waals surface area contributed by atoms with Crippen LogP contribution in [0.5, 0.6) is 0 Å². The molecule has 4 aromatic carbocycles. The molecule has 0 spiro atoms. The van der Waals surface area contributed by atoms with Crippen LogP contribution in [0.15, 0.2) is 103 Å². The minimum absolute atomic E-state index is 0.250. The van der Waals surface area contributed by atoms with Crippen molar-refractivity contribution in [2.45, 2.75) is 13.8 Å². The van der Waals surface area contributed by atoms with E-state index in [4.69, 9.17) is 11.6 Å². The zero-order valence-electron chi connectivity index (χ0n) is 18.6. The van der Waals surface area contributed by atoms with E-state index in [0.29, 0.717) is 0 Å². The van der Waals surface area contributed by atoms with Crippen LogP contribution >= 0.6 is 11.6 Å². The van der Waals surface area contributed by atoms with E-state index in [0.717, 1.165) is 55.9 Å². The van der Waals surface area contributed by atoms with Gasteiger partial charge in [0.2, 0.25) is 5.28 Å². The summed E-state index contributed by atoms with van der Waals surface area (Å²) in [7, 11) is 0. The quantitative estimate of drug-likeness (QED) is 0.259. The molecule has 0 radical (unpaired) electrons. The first-order chi connectivity index (χ1) is 16.1. The molecule has 0 N–H and O–H groups in total. The van der Waals surface area contributed by atoms with Crippen LogP contribution < -0.4 is 0 Å². The van der Waals surface area contributed by atoms with Gasteiger partial charge in [-0.1, -0.05) is 84.9 Å². The van der Waals surface area contributed by atoms with Gasteiger partial charge in [0.15, 0.2) is 0 Å². The summed E-state index contributed by atoms with van der Waals surface area (Å²) in [5, 5.41) is 0.250. The van der Waals surface area contributed by atoms with E-state index in [-0.39, 0.29) is 5.28 Å². The van der Waals surface area contributed by atoms with Crippen molar-refractivity contribution >= 4 is 11.6 Å². The van der Waals surface area contributed by atoms with Gasteiger partial charge in [-0.15, -0.1) is 0 Å². The van der Waals surface area contributed by atoms with Gasteiger partial charge in [0.05, 0.1) is 11.4 Å². The lowest BCUT2D eigenvalue weighted by atomic mass is 9.93. The highest BCUT2D eigenvalue weighted by atomic mass is 35.5. The summed E-state index contributed by atoms with van der Waals surface area (Å²) in [5.74, 6) is 0. The van der Waals surface area contributed by atoms with Gasteiger partial charge in [-0.2, -0.15) is 0 Å². The summed E-state index contributed by atoms with van der Waals surface area (Å²) >= 11 is 6.47. The first-order valence-corrected chi connectivity index (χ1v) is 11.3. The number of aromatic nitrogens is 2. The van der Waals surface area contributed by atoms with Crippen LogP contribution in [0, 0.1) is 13.8 Å². The zero-order chi connectivity index (χ0) is 22.8. The fourth-order valence-corrected chi connectivity index (χ4v) is 4.40. The number of aryl methyl sites for hydroxylation is 1. The van der Waals surface area contributed by atoms with Gasteiger partial charge < -0.3 is 0 Å². The Kier molecular flexibility index (Phi) is 5.77. The third-order valence-electron chi connectivity index (χ3n) is 5.94. The van der Waals surface area contributed by atoms with Crippen molar-refractivity contribution < 1.29 is 0 Å². The monoisotopic (exact) mass is 446 g/mol. The average molecular weight is 447 g/mol. The van der Waals surface area contributed by atoms with Crippen molar-refractivity contribution in [1.29, 1.82) is 0 Å². The van der Waals surface area contributed by atoms with Crippen molar-refractivity contribution in [3.8, 4) is 44.8 Å². The standard InChI is InChI=1S/C30H23ClN2/c1-20-11-9-10-16-27(20)29-21(2)28(32-30(31)33-29)26-18-24(22-12-5-3-6-13-22)17-25(19-26)23-14-7-4-8-15-23/h3-19H,1-2H3. The molecule has 0 aliphatic carbocycles. The zero-order valence-corrected chi connectivity index (χ0v) is 19.3. The predicted octanol–water partition coefficient (Wildman–Crippen LogP) is 8.41. The molecule has 0 bridgehead atoms. The molecule has 0 aliphatic heterocycles. The Bertz CT molecular complexity index is 1370. The van der Waals surface area contributed by atoms with E-state index in [1.165, 1.54) is 0 Å². The third kappa shape index (κ3) is 4.30. The highest BCUT2D eigenvalue weighted by molar-refractivity contribution is 6.28. The summed E-state index contributed by atoms with van der Waals surface area (Å²) in [6.45, 7) is 4.17. The first-order valence-electron chi connectivity index (χ1n) is 11.0. The lowest BCUT2D eigenvalue weighted by Crippen LogP contribution is -1.99.